The van der Waals surface area contributed by atoms with Crippen molar-refractivity contribution in [3.8, 4) is 17.2 Å². The number of alkyl halides is 3. The highest BCUT2D eigenvalue weighted by Gasteiger charge is 2.49. The minimum atomic E-state index is -6.15. The van der Waals surface area contributed by atoms with Crippen LogP contribution < -0.4 is 14.2 Å². The average Bonchev–Trinajstić information content (AvgIpc) is 2.81. The van der Waals surface area contributed by atoms with E-state index in [0.717, 1.165) is 29.7 Å². The molecule has 1 N–H and O–H groups in total. The van der Waals surface area contributed by atoms with Crippen molar-refractivity contribution in [1.29, 1.82) is 0 Å². The molecule has 192 valence electrons. The van der Waals surface area contributed by atoms with Gasteiger partial charge in [-0.05, 0) is 49.7 Å². The summed E-state index contributed by atoms with van der Waals surface area (Å²) in [5.41, 5.74) is -4.83. The van der Waals surface area contributed by atoms with Gasteiger partial charge in [-0.2, -0.15) is 21.6 Å². The van der Waals surface area contributed by atoms with Gasteiger partial charge in [0.15, 0.2) is 0 Å². The van der Waals surface area contributed by atoms with Crippen LogP contribution in [0.15, 0.2) is 55.0 Å². The summed E-state index contributed by atoms with van der Waals surface area (Å²) in [6.45, 7) is 3.63. The third-order valence-corrected chi connectivity index (χ3v) is 5.91. The Morgan fingerprint density at radius 1 is 1.00 bits per heavy atom. The molecule has 0 saturated carbocycles. The van der Waals surface area contributed by atoms with E-state index in [1.54, 1.807) is 43.5 Å². The number of hydrogen-bond donors (Lipinski definition) is 1. The first-order valence-corrected chi connectivity index (χ1v) is 11.7. The Balaban J connectivity index is 1.67. The molecule has 0 amide bonds. The molecule has 4 rings (SSSR count). The number of nitrogens with one attached hydrogen (secondary N) is 1. The predicted molar refractivity (Wildman–Crippen MR) is 125 cm³/mol. The Hall–Kier alpha value is -4.53. The highest BCUT2D eigenvalue weighted by atomic mass is 32.2. The maximum Gasteiger partial charge on any atom is 0.534 e. The molecule has 2 heterocycles. The fraction of sp³-hybridized carbons (Fsp3) is 0.136. The Labute approximate surface area is 207 Å². The molecule has 0 aliphatic heterocycles. The molecule has 2 aromatic heterocycles. The van der Waals surface area contributed by atoms with E-state index < -0.39 is 32.0 Å². The lowest BCUT2D eigenvalue weighted by atomic mass is 10.1. The van der Waals surface area contributed by atoms with Crippen molar-refractivity contribution in [1.82, 2.24) is 15.0 Å². The molecule has 0 unspecified atom stereocenters. The van der Waals surface area contributed by atoms with Crippen LogP contribution in [0, 0.1) is 24.0 Å². The molecule has 0 radical (unpaired) electrons. The van der Waals surface area contributed by atoms with Gasteiger partial charge in [-0.25, -0.2) is 9.97 Å². The van der Waals surface area contributed by atoms with Crippen molar-refractivity contribution in [3.63, 3.8) is 0 Å². The van der Waals surface area contributed by atoms with Gasteiger partial charge in [0, 0.05) is 23.5 Å². The number of aromatic nitrogens is 3. The molecule has 0 fully saturated rings. The monoisotopic (exact) mass is 535 g/mol. The molecule has 0 spiro atoms. The number of nitro benzene ring substituents is 1. The van der Waals surface area contributed by atoms with E-state index in [0.29, 0.717) is 17.2 Å². The van der Waals surface area contributed by atoms with Crippen LogP contribution >= 0.6 is 0 Å². The maximum atomic E-state index is 12.7. The number of nitro groups is 1. The molecule has 4 aromatic rings. The van der Waals surface area contributed by atoms with Crippen molar-refractivity contribution in [3.05, 3.63) is 76.4 Å². The highest BCUT2D eigenvalue weighted by molar-refractivity contribution is 7.88. The van der Waals surface area contributed by atoms with Crippen LogP contribution in [0.1, 0.15) is 11.3 Å². The molecule has 37 heavy (non-hydrogen) atoms. The summed E-state index contributed by atoms with van der Waals surface area (Å²) < 4.78 is 70.9. The topological polar surface area (TPSA) is 146 Å². The van der Waals surface area contributed by atoms with Crippen LogP contribution in [0.25, 0.3) is 10.9 Å². The first kappa shape index (κ1) is 25.6. The zero-order valence-electron chi connectivity index (χ0n) is 19.0. The fourth-order valence-electron chi connectivity index (χ4n) is 3.17. The lowest BCUT2D eigenvalue weighted by Gasteiger charge is -2.13. The van der Waals surface area contributed by atoms with Crippen LogP contribution in [-0.4, -0.2) is 33.8 Å². The van der Waals surface area contributed by atoms with E-state index in [9.17, 15) is 31.7 Å². The second-order valence-corrected chi connectivity index (χ2v) is 9.18. The Bertz CT molecular complexity index is 1610. The van der Waals surface area contributed by atoms with Crippen LogP contribution in [0.3, 0.4) is 0 Å². The maximum absolute atomic E-state index is 12.7. The van der Waals surface area contributed by atoms with Gasteiger partial charge in [0.25, 0.3) is 0 Å². The Morgan fingerprint density at radius 3 is 2.38 bits per heavy atom. The molecule has 11 nitrogen and oxygen atoms in total. The van der Waals surface area contributed by atoms with Gasteiger partial charge in [-0.1, -0.05) is 0 Å². The van der Waals surface area contributed by atoms with E-state index in [4.69, 9.17) is 4.74 Å². The van der Waals surface area contributed by atoms with Gasteiger partial charge in [0.05, 0.1) is 22.0 Å². The molecule has 0 bridgehead atoms. The normalized spacial score (nSPS) is 11.8. The summed E-state index contributed by atoms with van der Waals surface area (Å²) in [5, 5.41) is 14.5. The number of pyridine rings is 1. The van der Waals surface area contributed by atoms with E-state index in [-0.39, 0.29) is 16.7 Å². The fourth-order valence-corrected chi connectivity index (χ4v) is 3.63. The zero-order valence-corrected chi connectivity index (χ0v) is 19.8. The molecule has 0 aliphatic carbocycles. The molecule has 15 heteroatoms. The van der Waals surface area contributed by atoms with E-state index in [1.807, 2.05) is 6.92 Å². The molecular formula is C22H16F3N5O6S. The summed E-state index contributed by atoms with van der Waals surface area (Å²) in [7, 11) is -6.15. The number of nitrogens with zero attached hydrogens (tertiary/aromatic N) is 4. The van der Waals surface area contributed by atoms with Gasteiger partial charge >= 0.3 is 21.3 Å². The summed E-state index contributed by atoms with van der Waals surface area (Å²) in [6.07, 6.45) is 2.63. The van der Waals surface area contributed by atoms with Gasteiger partial charge in [-0.15, -0.1) is 0 Å². The van der Waals surface area contributed by atoms with Gasteiger partial charge in [0.1, 0.15) is 23.6 Å². The van der Waals surface area contributed by atoms with Gasteiger partial charge < -0.3 is 14.2 Å². The number of fused-ring (bicyclic) bond motifs is 1. The standard InChI is InChI=1S/C22H16F3N5O6S/c1-12-7-14(4-6-19(12)35-15-5-3-13(2)26-10-15)29-21-16-8-18(30(31)32)20(9-17(16)27-11-28-21)36-37(33,34)22(23,24)25/h3-11H,1-2H3,(H,27,28,29). The van der Waals surface area contributed by atoms with Crippen molar-refractivity contribution in [2.45, 2.75) is 19.4 Å². The molecular weight excluding hydrogens is 519 g/mol. The molecule has 0 saturated heterocycles. The first-order valence-electron chi connectivity index (χ1n) is 10.3. The SMILES string of the molecule is Cc1ccc(Oc2ccc(Nc3ncnc4cc(OS(=O)(=O)C(F)(F)F)c([N+](=O)[O-])cc34)cc2C)cn1. The first-order chi connectivity index (χ1) is 17.3. The minimum Gasteiger partial charge on any atom is -0.455 e. The summed E-state index contributed by atoms with van der Waals surface area (Å²) in [6, 6.07) is 10.2. The number of rotatable bonds is 7. The number of halogens is 3. The van der Waals surface area contributed by atoms with Crippen molar-refractivity contribution >= 4 is 38.2 Å². The van der Waals surface area contributed by atoms with Crippen LogP contribution in [0.4, 0.5) is 30.4 Å². The van der Waals surface area contributed by atoms with Crippen molar-refractivity contribution < 1.29 is 35.4 Å². The average molecular weight is 535 g/mol. The third kappa shape index (κ3) is 5.50. The predicted octanol–water partition coefficient (Wildman–Crippen LogP) is 5.31. The largest absolute Gasteiger partial charge is 0.534 e. The number of anilines is 2. The number of hydrogen-bond acceptors (Lipinski definition) is 10. The van der Waals surface area contributed by atoms with Gasteiger partial charge in [0.2, 0.25) is 5.75 Å². The van der Waals surface area contributed by atoms with Crippen molar-refractivity contribution in [2.24, 2.45) is 0 Å². The highest BCUT2D eigenvalue weighted by Crippen LogP contribution is 2.38. The lowest BCUT2D eigenvalue weighted by molar-refractivity contribution is -0.385. The molecule has 2 aromatic carbocycles. The molecule has 0 aliphatic rings. The van der Waals surface area contributed by atoms with Crippen LogP contribution in [0.5, 0.6) is 17.2 Å². The summed E-state index contributed by atoms with van der Waals surface area (Å²) in [4.78, 5) is 22.5. The zero-order chi connectivity index (χ0) is 27.0. The summed E-state index contributed by atoms with van der Waals surface area (Å²) >= 11 is 0. The number of aryl methyl sites for hydroxylation is 2. The second-order valence-electron chi connectivity index (χ2n) is 7.64. The van der Waals surface area contributed by atoms with Crippen LogP contribution in [-0.2, 0) is 10.1 Å². The Kier molecular flexibility index (Phi) is 6.56. The second kappa shape index (κ2) is 9.50. The Morgan fingerprint density at radius 2 is 1.76 bits per heavy atom. The van der Waals surface area contributed by atoms with Crippen molar-refractivity contribution in [2.75, 3.05) is 5.32 Å². The summed E-state index contributed by atoms with van der Waals surface area (Å²) in [5.74, 6) is 0.0256. The van der Waals surface area contributed by atoms with E-state index in [2.05, 4.69) is 24.5 Å². The van der Waals surface area contributed by atoms with Crippen LogP contribution in [0.2, 0.25) is 0 Å². The van der Waals surface area contributed by atoms with Gasteiger partial charge in [-0.3, -0.25) is 15.1 Å². The number of ether oxygens (including phenoxy) is 1. The third-order valence-electron chi connectivity index (χ3n) is 4.95. The number of benzene rings is 2. The lowest BCUT2D eigenvalue weighted by Crippen LogP contribution is -2.28. The van der Waals surface area contributed by atoms with E-state index in [1.165, 1.54) is 0 Å². The quantitative estimate of drug-likeness (QED) is 0.143. The smallest absolute Gasteiger partial charge is 0.455 e. The molecule has 0 atom stereocenters. The minimum absolute atomic E-state index is 0.0367. The van der Waals surface area contributed by atoms with E-state index >= 15 is 0 Å².